The molecular weight excluding hydrogens is 326 g/mol. The minimum Gasteiger partial charge on any atom is -0.345 e. The minimum atomic E-state index is -0.412. The first kappa shape index (κ1) is 18.5. The first-order valence-corrected chi connectivity index (χ1v) is 9.02. The summed E-state index contributed by atoms with van der Waals surface area (Å²) in [7, 11) is 0. The quantitative estimate of drug-likeness (QED) is 0.787. The van der Waals surface area contributed by atoms with Crippen LogP contribution >= 0.6 is 11.8 Å². The topological polar surface area (TPSA) is 92.5 Å². The van der Waals surface area contributed by atoms with Gasteiger partial charge in [-0.05, 0) is 30.5 Å². The van der Waals surface area contributed by atoms with Crippen LogP contribution in [0.15, 0.2) is 24.3 Å². The van der Waals surface area contributed by atoms with Crippen molar-refractivity contribution in [2.75, 3.05) is 12.3 Å². The van der Waals surface area contributed by atoms with Gasteiger partial charge in [0.05, 0.1) is 17.8 Å². The third-order valence-corrected chi connectivity index (χ3v) is 5.35. The summed E-state index contributed by atoms with van der Waals surface area (Å²) in [4.78, 5) is 37.1. The number of benzene rings is 1. The van der Waals surface area contributed by atoms with Gasteiger partial charge >= 0.3 is 0 Å². The predicted octanol–water partition coefficient (Wildman–Crippen LogP) is 2.13. The van der Waals surface area contributed by atoms with Crippen LogP contribution in [0, 0.1) is 0 Å². The molecule has 3 amide bonds. The Bertz CT molecular complexity index is 619. The number of thioether (sulfide) groups is 1. The second-order valence-electron chi connectivity index (χ2n) is 5.88. The largest absolute Gasteiger partial charge is 0.345 e. The molecule has 0 spiro atoms. The molecule has 1 aliphatic rings. The van der Waals surface area contributed by atoms with E-state index in [4.69, 9.17) is 5.73 Å². The van der Waals surface area contributed by atoms with E-state index >= 15 is 0 Å². The highest BCUT2D eigenvalue weighted by atomic mass is 32.2. The number of nitrogens with one attached hydrogen (secondary N) is 1. The first-order chi connectivity index (χ1) is 11.4. The van der Waals surface area contributed by atoms with Crippen LogP contribution in [-0.2, 0) is 11.3 Å². The highest BCUT2D eigenvalue weighted by Crippen LogP contribution is 2.22. The lowest BCUT2D eigenvalue weighted by Crippen LogP contribution is -2.52. The summed E-state index contributed by atoms with van der Waals surface area (Å²) in [5, 5.41) is 2.78. The molecule has 0 atom stereocenters. The van der Waals surface area contributed by atoms with Gasteiger partial charge in [-0.1, -0.05) is 37.7 Å². The van der Waals surface area contributed by atoms with Crippen LogP contribution < -0.4 is 11.1 Å². The zero-order valence-electron chi connectivity index (χ0n) is 14.0. The molecule has 1 fully saturated rings. The number of hydrogen-bond acceptors (Lipinski definition) is 5. The van der Waals surface area contributed by atoms with E-state index in [1.807, 2.05) is 13.8 Å². The number of nitrogens with two attached hydrogens (primary N) is 1. The van der Waals surface area contributed by atoms with Gasteiger partial charge in [0.1, 0.15) is 0 Å². The molecule has 6 nitrogen and oxygen atoms in total. The predicted molar refractivity (Wildman–Crippen MR) is 94.7 cm³/mol. The van der Waals surface area contributed by atoms with Crippen LogP contribution in [0.5, 0.6) is 0 Å². The van der Waals surface area contributed by atoms with Gasteiger partial charge in [-0.2, -0.15) is 0 Å². The Hall–Kier alpha value is -1.86. The van der Waals surface area contributed by atoms with Crippen molar-refractivity contribution in [3.63, 3.8) is 0 Å². The van der Waals surface area contributed by atoms with Crippen LogP contribution in [-0.4, -0.2) is 39.8 Å². The number of imide groups is 1. The van der Waals surface area contributed by atoms with E-state index in [1.54, 1.807) is 24.3 Å². The van der Waals surface area contributed by atoms with Gasteiger partial charge in [-0.3, -0.25) is 19.3 Å². The van der Waals surface area contributed by atoms with Gasteiger partial charge in [0.15, 0.2) is 0 Å². The summed E-state index contributed by atoms with van der Waals surface area (Å²) in [6.45, 7) is 4.56. The molecule has 1 aromatic carbocycles. The Labute approximate surface area is 146 Å². The zero-order valence-corrected chi connectivity index (χ0v) is 14.8. The molecule has 0 radical (unpaired) electrons. The fraction of sp³-hybridized carbons (Fsp3) is 0.471. The molecule has 3 N–H and O–H groups in total. The van der Waals surface area contributed by atoms with Crippen LogP contribution in [0.4, 0.5) is 4.79 Å². The summed E-state index contributed by atoms with van der Waals surface area (Å²) in [6.07, 6.45) is 1.50. The highest BCUT2D eigenvalue weighted by molar-refractivity contribution is 8.14. The van der Waals surface area contributed by atoms with Crippen LogP contribution in [0.3, 0.4) is 0 Å². The number of hydrogen-bond donors (Lipinski definition) is 2. The molecule has 0 bridgehead atoms. The number of carbonyl (C=O) groups is 3. The second kappa shape index (κ2) is 7.81. The smallest absolute Gasteiger partial charge is 0.289 e. The zero-order chi connectivity index (χ0) is 17.7. The van der Waals surface area contributed by atoms with Crippen molar-refractivity contribution in [2.24, 2.45) is 5.73 Å². The molecule has 2 rings (SSSR count). The fourth-order valence-electron chi connectivity index (χ4n) is 2.61. The Morgan fingerprint density at radius 2 is 2.04 bits per heavy atom. The minimum absolute atomic E-state index is 0.186. The van der Waals surface area contributed by atoms with E-state index in [9.17, 15) is 14.4 Å². The summed E-state index contributed by atoms with van der Waals surface area (Å²) >= 11 is 1.00. The lowest BCUT2D eigenvalue weighted by Gasteiger charge is -2.31. The number of nitrogens with zero attached hydrogens (tertiary/aromatic N) is 1. The van der Waals surface area contributed by atoms with Crippen LogP contribution in [0.1, 0.15) is 42.6 Å². The molecular formula is C17H23N3O3S. The standard InChI is InChI=1S/C17H23N3O3S/c1-3-17(4-2,11-18)19-15(22)13-7-5-6-12(8-13)9-20-14(21)10-24-16(20)23/h5-8H,3-4,9-11,18H2,1-2H3,(H,19,22). The monoisotopic (exact) mass is 349 g/mol. The van der Waals surface area contributed by atoms with Crippen LogP contribution in [0.2, 0.25) is 0 Å². The lowest BCUT2D eigenvalue weighted by atomic mass is 9.92. The normalized spacial score (nSPS) is 15.0. The van der Waals surface area contributed by atoms with Gasteiger partial charge in [-0.25, -0.2) is 0 Å². The Kier molecular flexibility index (Phi) is 6.01. The molecule has 0 saturated carbocycles. The molecule has 130 valence electrons. The van der Waals surface area contributed by atoms with E-state index in [0.29, 0.717) is 12.1 Å². The van der Waals surface area contributed by atoms with Gasteiger partial charge in [0.25, 0.3) is 11.1 Å². The second-order valence-corrected chi connectivity index (χ2v) is 6.81. The van der Waals surface area contributed by atoms with Crippen molar-refractivity contribution in [3.8, 4) is 0 Å². The summed E-state index contributed by atoms with van der Waals surface area (Å²) in [5.41, 5.74) is 6.66. The Morgan fingerprint density at radius 3 is 2.58 bits per heavy atom. The molecule has 24 heavy (non-hydrogen) atoms. The van der Waals surface area contributed by atoms with E-state index in [0.717, 1.165) is 30.2 Å². The maximum absolute atomic E-state index is 12.5. The Balaban J connectivity index is 2.13. The average molecular weight is 349 g/mol. The van der Waals surface area contributed by atoms with Crippen molar-refractivity contribution in [3.05, 3.63) is 35.4 Å². The number of carbonyl (C=O) groups excluding carboxylic acids is 3. The van der Waals surface area contributed by atoms with Crippen molar-refractivity contribution in [1.82, 2.24) is 10.2 Å². The third kappa shape index (κ3) is 3.96. The van der Waals surface area contributed by atoms with Gasteiger partial charge in [0, 0.05) is 12.1 Å². The van der Waals surface area contributed by atoms with Crippen molar-refractivity contribution < 1.29 is 14.4 Å². The number of rotatable bonds is 7. The first-order valence-electron chi connectivity index (χ1n) is 8.03. The van der Waals surface area contributed by atoms with Crippen molar-refractivity contribution >= 4 is 28.8 Å². The molecule has 1 saturated heterocycles. The molecule has 1 aromatic rings. The van der Waals surface area contributed by atoms with Crippen molar-refractivity contribution in [1.29, 1.82) is 0 Å². The summed E-state index contributed by atoms with van der Waals surface area (Å²) < 4.78 is 0. The SMILES string of the molecule is CCC(CC)(CN)NC(=O)c1cccc(CN2C(=O)CSC2=O)c1. The maximum Gasteiger partial charge on any atom is 0.289 e. The van der Waals surface area contributed by atoms with Crippen molar-refractivity contribution in [2.45, 2.75) is 38.8 Å². The molecule has 0 aliphatic carbocycles. The molecule has 0 aromatic heterocycles. The Morgan fingerprint density at radius 1 is 1.33 bits per heavy atom. The third-order valence-electron chi connectivity index (χ3n) is 4.49. The summed E-state index contributed by atoms with van der Waals surface area (Å²) in [6, 6.07) is 6.99. The van der Waals surface area contributed by atoms with E-state index in [1.165, 1.54) is 4.90 Å². The lowest BCUT2D eigenvalue weighted by molar-refractivity contribution is -0.125. The van der Waals surface area contributed by atoms with E-state index in [-0.39, 0.29) is 29.4 Å². The maximum atomic E-state index is 12.5. The fourth-order valence-corrected chi connectivity index (χ4v) is 3.33. The van der Waals surface area contributed by atoms with E-state index < -0.39 is 5.54 Å². The molecule has 1 heterocycles. The van der Waals surface area contributed by atoms with Gasteiger partial charge in [0.2, 0.25) is 5.91 Å². The van der Waals surface area contributed by atoms with Crippen LogP contribution in [0.25, 0.3) is 0 Å². The molecule has 7 heteroatoms. The average Bonchev–Trinajstić information content (AvgIpc) is 2.92. The molecule has 0 unspecified atom stereocenters. The molecule has 1 aliphatic heterocycles. The summed E-state index contributed by atoms with van der Waals surface area (Å²) in [5.74, 6) is -0.205. The van der Waals surface area contributed by atoms with Gasteiger partial charge in [-0.15, -0.1) is 0 Å². The highest BCUT2D eigenvalue weighted by Gasteiger charge is 2.30. The van der Waals surface area contributed by atoms with Gasteiger partial charge < -0.3 is 11.1 Å². The van der Waals surface area contributed by atoms with E-state index in [2.05, 4.69) is 5.32 Å². The number of amides is 3.